The predicted molar refractivity (Wildman–Crippen MR) is 89.8 cm³/mol. The number of piperidine rings is 2. The number of fused-ring (bicyclic) bond motifs is 3. The van der Waals surface area contributed by atoms with E-state index in [1.54, 1.807) is 12.3 Å². The molecule has 0 unspecified atom stereocenters. The Bertz CT molecular complexity index is 598. The van der Waals surface area contributed by atoms with Crippen LogP contribution in [0.5, 0.6) is 5.88 Å². The lowest BCUT2D eigenvalue weighted by Crippen LogP contribution is -2.63. The highest BCUT2D eigenvalue weighted by atomic mass is 35.5. The summed E-state index contributed by atoms with van der Waals surface area (Å²) in [5.41, 5.74) is 6.35. The zero-order valence-corrected chi connectivity index (χ0v) is 14.5. The van der Waals surface area contributed by atoms with E-state index in [1.165, 1.54) is 12.8 Å². The third-order valence-corrected chi connectivity index (χ3v) is 5.35. The van der Waals surface area contributed by atoms with Crippen molar-refractivity contribution in [2.24, 2.45) is 11.7 Å². The first kappa shape index (κ1) is 16.5. The molecule has 2 N–H and O–H groups in total. The number of nitrogens with zero attached hydrogens (tertiary/aromatic N) is 2. The van der Waals surface area contributed by atoms with Gasteiger partial charge in [0.15, 0.2) is 0 Å². The molecule has 3 fully saturated rings. The average Bonchev–Trinajstić information content (AvgIpc) is 2.56. The molecule has 2 saturated heterocycles. The first-order valence-electron chi connectivity index (χ1n) is 8.29. The van der Waals surface area contributed by atoms with Crippen molar-refractivity contribution in [1.82, 2.24) is 9.88 Å². The van der Waals surface area contributed by atoms with Crippen LogP contribution in [0.15, 0.2) is 12.3 Å². The van der Waals surface area contributed by atoms with Crippen molar-refractivity contribution in [3.05, 3.63) is 22.8 Å². The van der Waals surface area contributed by atoms with E-state index in [0.29, 0.717) is 28.9 Å². The van der Waals surface area contributed by atoms with Crippen molar-refractivity contribution in [3.63, 3.8) is 0 Å². The molecule has 3 heterocycles. The van der Waals surface area contributed by atoms with Crippen molar-refractivity contribution in [3.8, 4) is 5.88 Å². The summed E-state index contributed by atoms with van der Waals surface area (Å²) in [6.07, 6.45) is 5.87. The van der Waals surface area contributed by atoms with Crippen LogP contribution in [-0.4, -0.2) is 40.5 Å². The van der Waals surface area contributed by atoms with Gasteiger partial charge in [-0.25, -0.2) is 4.98 Å². The van der Waals surface area contributed by atoms with Gasteiger partial charge in [-0.1, -0.05) is 11.6 Å². The molecule has 2 aliphatic heterocycles. The fraction of sp³-hybridized carbons (Fsp3) is 0.647. The minimum atomic E-state index is -0.189. The number of pyridine rings is 1. The molecule has 6 heteroatoms. The summed E-state index contributed by atoms with van der Waals surface area (Å²) in [6, 6.07) is 1.65. The largest absolute Gasteiger partial charge is 0.474 e. The number of nitrogens with two attached hydrogens (primary N) is 1. The highest BCUT2D eigenvalue weighted by Gasteiger charge is 2.47. The van der Waals surface area contributed by atoms with Crippen LogP contribution in [-0.2, 0) is 0 Å². The fourth-order valence-corrected chi connectivity index (χ4v) is 3.95. The maximum atomic E-state index is 13.0. The van der Waals surface area contributed by atoms with E-state index in [4.69, 9.17) is 22.1 Å². The van der Waals surface area contributed by atoms with Gasteiger partial charge in [0.2, 0.25) is 5.88 Å². The highest BCUT2D eigenvalue weighted by Crippen LogP contribution is 2.43. The summed E-state index contributed by atoms with van der Waals surface area (Å²) in [7, 11) is 0. The van der Waals surface area contributed by atoms with E-state index in [-0.39, 0.29) is 17.6 Å². The Morgan fingerprint density at radius 1 is 1.52 bits per heavy atom. The van der Waals surface area contributed by atoms with Gasteiger partial charge < -0.3 is 15.4 Å². The normalized spacial score (nSPS) is 26.7. The predicted octanol–water partition coefficient (Wildman–Crippen LogP) is 2.87. The van der Waals surface area contributed by atoms with Gasteiger partial charge in [-0.2, -0.15) is 0 Å². The Hall–Kier alpha value is -1.33. The second-order valence-electron chi connectivity index (χ2n) is 6.97. The highest BCUT2D eigenvalue weighted by molar-refractivity contribution is 6.32. The number of ether oxygens (including phenoxy) is 1. The number of hydrogen-bond donors (Lipinski definition) is 1. The minimum Gasteiger partial charge on any atom is -0.474 e. The van der Waals surface area contributed by atoms with E-state index >= 15 is 0 Å². The monoisotopic (exact) mass is 337 g/mol. The summed E-state index contributed by atoms with van der Waals surface area (Å²) in [5.74, 6) is 0.941. The van der Waals surface area contributed by atoms with Crippen molar-refractivity contribution in [1.29, 1.82) is 0 Å². The minimum absolute atomic E-state index is 0.0140. The van der Waals surface area contributed by atoms with Crippen molar-refractivity contribution >= 4 is 17.5 Å². The molecule has 1 aliphatic carbocycles. The second-order valence-corrected chi connectivity index (χ2v) is 7.37. The molecule has 0 aromatic carbocycles. The lowest BCUT2D eigenvalue weighted by molar-refractivity contribution is -0.0152. The zero-order valence-electron chi connectivity index (χ0n) is 13.7. The van der Waals surface area contributed by atoms with Gasteiger partial charge in [0.1, 0.15) is 5.02 Å². The summed E-state index contributed by atoms with van der Waals surface area (Å²) in [4.78, 5) is 19.1. The lowest BCUT2D eigenvalue weighted by Gasteiger charge is -2.54. The van der Waals surface area contributed by atoms with Crippen molar-refractivity contribution in [2.45, 2.75) is 51.2 Å². The van der Waals surface area contributed by atoms with E-state index < -0.39 is 0 Å². The molecule has 23 heavy (non-hydrogen) atoms. The van der Waals surface area contributed by atoms with Crippen molar-refractivity contribution in [2.75, 3.05) is 13.1 Å². The summed E-state index contributed by atoms with van der Waals surface area (Å²) >= 11 is 6.22. The molecule has 1 aromatic heterocycles. The average molecular weight is 338 g/mol. The first-order chi connectivity index (χ1) is 10.9. The number of aromatic nitrogens is 1. The van der Waals surface area contributed by atoms with Crippen LogP contribution >= 0.6 is 11.6 Å². The Morgan fingerprint density at radius 3 is 2.78 bits per heavy atom. The molecule has 3 aliphatic rings. The van der Waals surface area contributed by atoms with Crippen LogP contribution < -0.4 is 10.5 Å². The molecule has 2 bridgehead atoms. The molecule has 0 radical (unpaired) electrons. The SMILES string of the molecule is CC(C)Oc1ncc(C(=O)N2CC3CCC2(CN)CC3)cc1Cl. The number of hydrogen-bond acceptors (Lipinski definition) is 4. The van der Waals surface area contributed by atoms with Crippen LogP contribution in [0.3, 0.4) is 0 Å². The van der Waals surface area contributed by atoms with Gasteiger partial charge in [-0.3, -0.25) is 4.79 Å². The Labute approximate surface area is 142 Å². The molecule has 0 atom stereocenters. The van der Waals surface area contributed by atoms with Crippen LogP contribution in [0.1, 0.15) is 49.9 Å². The molecule has 1 aromatic rings. The zero-order chi connectivity index (χ0) is 16.6. The molecular weight excluding hydrogens is 314 g/mol. The summed E-state index contributed by atoms with van der Waals surface area (Å²) in [5, 5.41) is 0.369. The molecule has 1 saturated carbocycles. The van der Waals surface area contributed by atoms with Crippen LogP contribution in [0.2, 0.25) is 5.02 Å². The molecule has 0 spiro atoms. The molecule has 5 nitrogen and oxygen atoms in total. The number of amides is 1. The number of carbonyl (C=O) groups is 1. The third-order valence-electron chi connectivity index (χ3n) is 5.08. The topological polar surface area (TPSA) is 68.5 Å². The van der Waals surface area contributed by atoms with Gasteiger partial charge in [-0.05, 0) is 51.5 Å². The van der Waals surface area contributed by atoms with Gasteiger partial charge in [0, 0.05) is 19.3 Å². The van der Waals surface area contributed by atoms with Gasteiger partial charge in [0.05, 0.1) is 17.2 Å². The van der Waals surface area contributed by atoms with E-state index in [1.807, 2.05) is 18.7 Å². The Morgan fingerprint density at radius 2 is 2.22 bits per heavy atom. The Kier molecular flexibility index (Phi) is 4.52. The van der Waals surface area contributed by atoms with E-state index in [0.717, 1.165) is 19.4 Å². The lowest BCUT2D eigenvalue weighted by atomic mass is 9.70. The van der Waals surface area contributed by atoms with Crippen LogP contribution in [0, 0.1) is 5.92 Å². The summed E-state index contributed by atoms with van der Waals surface area (Å²) in [6.45, 7) is 5.12. The molecule has 126 valence electrons. The molecule has 4 rings (SSSR count). The first-order valence-corrected chi connectivity index (χ1v) is 8.67. The number of rotatable bonds is 4. The van der Waals surface area contributed by atoms with Gasteiger partial charge in [0.25, 0.3) is 5.91 Å². The van der Waals surface area contributed by atoms with Crippen LogP contribution in [0.4, 0.5) is 0 Å². The smallest absolute Gasteiger partial charge is 0.255 e. The third kappa shape index (κ3) is 3.04. The van der Waals surface area contributed by atoms with Gasteiger partial charge in [-0.15, -0.1) is 0 Å². The van der Waals surface area contributed by atoms with Crippen molar-refractivity contribution < 1.29 is 9.53 Å². The molecule has 1 amide bonds. The van der Waals surface area contributed by atoms with E-state index in [2.05, 4.69) is 4.98 Å². The standard InChI is InChI=1S/C17H24ClN3O2/c1-11(2)23-15-14(18)7-13(8-20-15)16(22)21-9-12-3-5-17(21,10-19)6-4-12/h7-8,11-12H,3-6,9-10,19H2,1-2H3. The summed E-state index contributed by atoms with van der Waals surface area (Å²) < 4.78 is 5.53. The van der Waals surface area contributed by atoms with Crippen LogP contribution in [0.25, 0.3) is 0 Å². The quantitative estimate of drug-likeness (QED) is 0.917. The van der Waals surface area contributed by atoms with Gasteiger partial charge >= 0.3 is 0 Å². The van der Waals surface area contributed by atoms with E-state index in [9.17, 15) is 4.79 Å². The number of halogens is 1. The Balaban J connectivity index is 1.84. The maximum Gasteiger partial charge on any atom is 0.255 e. The molecular formula is C17H24ClN3O2. The second kappa shape index (κ2) is 6.29. The maximum absolute atomic E-state index is 13.0. The number of carbonyl (C=O) groups excluding carboxylic acids is 1. The fourth-order valence-electron chi connectivity index (χ4n) is 3.74.